The van der Waals surface area contributed by atoms with E-state index in [1.54, 1.807) is 28.0 Å². The summed E-state index contributed by atoms with van der Waals surface area (Å²) in [5.74, 6) is 7.00. The van der Waals surface area contributed by atoms with Crippen LogP contribution in [0.15, 0.2) is 43.4 Å². The lowest BCUT2D eigenvalue weighted by atomic mass is 9.83. The number of nitrogens with one attached hydrogen (secondary N) is 4. The molecule has 5 aromatic heterocycles. The molecule has 8 aliphatic heterocycles. The molecule has 14 rings (SSSR count). The summed E-state index contributed by atoms with van der Waals surface area (Å²) in [6.07, 6.45) is 14.7. The van der Waals surface area contributed by atoms with Crippen LogP contribution in [0.2, 0.25) is 5.28 Å². The molecule has 9 fully saturated rings. The molecule has 91 heavy (non-hydrogen) atoms. The van der Waals surface area contributed by atoms with Gasteiger partial charge in [0.2, 0.25) is 23.1 Å². The predicted molar refractivity (Wildman–Crippen MR) is 352 cm³/mol. The van der Waals surface area contributed by atoms with Gasteiger partial charge in [0, 0.05) is 206 Å². The molecular formula is C65H97ClN20O5. The highest BCUT2D eigenvalue weighted by atomic mass is 35.5. The van der Waals surface area contributed by atoms with Crippen LogP contribution in [-0.4, -0.2) is 198 Å². The Kier molecular flexibility index (Phi) is 18.0. The van der Waals surface area contributed by atoms with Crippen LogP contribution in [0.3, 0.4) is 0 Å². The summed E-state index contributed by atoms with van der Waals surface area (Å²) in [6, 6.07) is 0. The fourth-order valence-corrected chi connectivity index (χ4v) is 14.9. The maximum atomic E-state index is 12.5. The largest absolute Gasteiger partial charge is 0.444 e. The first-order valence-electron chi connectivity index (χ1n) is 32.4. The molecule has 494 valence electrons. The van der Waals surface area contributed by atoms with Crippen molar-refractivity contribution in [3.05, 3.63) is 65.4 Å². The lowest BCUT2D eigenvalue weighted by molar-refractivity contribution is -0.131. The summed E-state index contributed by atoms with van der Waals surface area (Å²) in [6.45, 7) is 41.5. The molecule has 4 N–H and O–H groups in total. The number of halogens is 1. The smallest absolute Gasteiger partial charge is 0.410 e. The standard InChI is InChI=1S/C20H27N7O.C17H25ClN4O2.C16H23N7.C12H22N2O2/c1-13-6-21-19(23-16-7-22-25(3)10-16)24-17(13)26-8-15-9-27(12-20(15,2)11-26)18(28)14-4-5-14;1-11-6-19-14(18)20-13(11)21-7-12-8-22(10-17(12,5)9-21)15(23)24-16(2,3)4;1-11-4-18-15(20-13-6-19-22(3)8-13)21-14(11)23-7-12-5-17-9-16(12,2)10-23;1-11(2,3)16-10(15)14-6-9-5-13-7-12(9,4)8-14/h6-7,10,14-15H,4-5,8-9,11-12H2,1-3H3,(H,21,23,24);6,12H,7-10H2,1-5H3;4,6,8,12,17H,5,7,9-10H2,1-3H3,(H,18,20,21);9,13H,5-8H2,1-4H3/t15-,20+;12-,17+;12-,16+;9-,12+/m1101/s1. The minimum Gasteiger partial charge on any atom is -0.444 e. The van der Waals surface area contributed by atoms with E-state index in [0.717, 1.165) is 157 Å². The van der Waals surface area contributed by atoms with E-state index in [4.69, 9.17) is 31.0 Å². The molecule has 0 aromatic carbocycles. The highest BCUT2D eigenvalue weighted by Gasteiger charge is 2.54. The van der Waals surface area contributed by atoms with Gasteiger partial charge in [-0.2, -0.15) is 20.2 Å². The third-order valence-electron chi connectivity index (χ3n) is 19.9. The summed E-state index contributed by atoms with van der Waals surface area (Å²) >= 11 is 5.96. The van der Waals surface area contributed by atoms with Crippen molar-refractivity contribution >= 4 is 70.4 Å². The van der Waals surface area contributed by atoms with Crippen molar-refractivity contribution in [2.75, 3.05) is 130 Å². The Bertz CT molecular complexity index is 3470. The number of likely N-dealkylation sites (tertiary alicyclic amines) is 3. The number of hydrogen-bond donors (Lipinski definition) is 4. The molecule has 9 aliphatic rings. The van der Waals surface area contributed by atoms with E-state index in [1.807, 2.05) is 97.1 Å². The summed E-state index contributed by atoms with van der Waals surface area (Å²) in [4.78, 5) is 76.4. The topological polar surface area (TPSA) is 250 Å². The van der Waals surface area contributed by atoms with Crippen LogP contribution in [0.1, 0.15) is 98.8 Å². The Morgan fingerprint density at radius 3 is 1.33 bits per heavy atom. The molecule has 0 bridgehead atoms. The SMILES string of the molecule is CC(C)(C)OC(=O)N1C[C@H]2CNC[C@@]2(C)C1.Cc1cnc(Cl)nc1N1C[C@@H]2CN(C(=O)OC(C)(C)C)C[C@]2(C)C1.Cc1cnc(Nc2cnn(C)c2)nc1N1C[C@@H]2CN(C(=O)C3CC3)C[C@]2(C)C1.Cc1cnc(Nc2cnn(C)c2)nc1N1C[C@@H]2CNC[C@]2(C)C1. The number of aryl methyl sites for hydroxylation is 5. The van der Waals surface area contributed by atoms with Crippen LogP contribution >= 0.6 is 11.6 Å². The zero-order valence-corrected chi connectivity index (χ0v) is 57.0. The molecule has 8 atom stereocenters. The van der Waals surface area contributed by atoms with Crippen molar-refractivity contribution in [2.24, 2.45) is 65.3 Å². The summed E-state index contributed by atoms with van der Waals surface area (Å²) in [7, 11) is 3.78. The second kappa shape index (κ2) is 25.1. The zero-order valence-electron chi connectivity index (χ0n) is 56.2. The minimum absolute atomic E-state index is 0.0424. The number of nitrogens with zero attached hydrogens (tertiary/aromatic N) is 16. The number of hydrogen-bond acceptors (Lipinski definition) is 20. The predicted octanol–water partition coefficient (Wildman–Crippen LogP) is 7.86. The monoisotopic (exact) mass is 1270 g/mol. The molecule has 8 saturated heterocycles. The Balaban J connectivity index is 0.000000127. The lowest BCUT2D eigenvalue weighted by Gasteiger charge is -2.28. The third kappa shape index (κ3) is 14.9. The van der Waals surface area contributed by atoms with Gasteiger partial charge in [0.1, 0.15) is 28.7 Å². The first-order chi connectivity index (χ1) is 42.8. The quantitative estimate of drug-likeness (QED) is 0.108. The molecule has 0 unspecified atom stereocenters. The van der Waals surface area contributed by atoms with E-state index in [9.17, 15) is 14.4 Å². The average molecular weight is 1270 g/mol. The third-order valence-corrected chi connectivity index (χ3v) is 20.1. The number of anilines is 7. The Hall–Kier alpha value is -7.12. The summed E-state index contributed by atoms with van der Waals surface area (Å²) < 4.78 is 14.4. The summed E-state index contributed by atoms with van der Waals surface area (Å²) in [5, 5.41) is 22.0. The van der Waals surface area contributed by atoms with Crippen LogP contribution in [-0.2, 0) is 28.4 Å². The summed E-state index contributed by atoms with van der Waals surface area (Å²) in [5.41, 5.74) is 4.92. The minimum atomic E-state index is -0.462. The highest BCUT2D eigenvalue weighted by Crippen LogP contribution is 2.47. The molecule has 3 amide bonds. The first kappa shape index (κ1) is 65.4. The van der Waals surface area contributed by atoms with Crippen LogP contribution in [0.4, 0.5) is 50.3 Å². The van der Waals surface area contributed by atoms with E-state index in [-0.39, 0.29) is 33.7 Å². The normalized spacial score (nSPS) is 27.9. The fourth-order valence-electron chi connectivity index (χ4n) is 14.8. The van der Waals surface area contributed by atoms with E-state index < -0.39 is 11.2 Å². The van der Waals surface area contributed by atoms with Crippen LogP contribution in [0.5, 0.6) is 0 Å². The molecule has 1 saturated carbocycles. The Morgan fingerprint density at radius 1 is 0.527 bits per heavy atom. The fraction of sp³-hybridized carbons (Fsp3) is 0.677. The van der Waals surface area contributed by atoms with Gasteiger partial charge in [0.15, 0.2) is 0 Å². The molecule has 1 aliphatic carbocycles. The van der Waals surface area contributed by atoms with Crippen molar-refractivity contribution in [3.63, 3.8) is 0 Å². The second-order valence-corrected chi connectivity index (χ2v) is 31.0. The number of carbonyl (C=O) groups is 3. The maximum absolute atomic E-state index is 12.5. The van der Waals surface area contributed by atoms with Crippen molar-refractivity contribution in [1.29, 1.82) is 0 Å². The van der Waals surface area contributed by atoms with Gasteiger partial charge in [-0.1, -0.05) is 27.7 Å². The van der Waals surface area contributed by atoms with Crippen LogP contribution < -0.4 is 36.0 Å². The lowest BCUT2D eigenvalue weighted by Crippen LogP contribution is -2.39. The Morgan fingerprint density at radius 2 is 0.912 bits per heavy atom. The highest BCUT2D eigenvalue weighted by molar-refractivity contribution is 6.28. The number of aromatic nitrogens is 10. The zero-order chi connectivity index (χ0) is 65.2. The Labute approximate surface area is 541 Å². The second-order valence-electron chi connectivity index (χ2n) is 30.6. The van der Waals surface area contributed by atoms with Gasteiger partial charge in [-0.3, -0.25) is 14.2 Å². The van der Waals surface area contributed by atoms with Crippen LogP contribution in [0, 0.1) is 72.0 Å². The van der Waals surface area contributed by atoms with Crippen molar-refractivity contribution in [2.45, 2.75) is 114 Å². The number of carbonyl (C=O) groups excluding carboxylic acids is 3. The maximum Gasteiger partial charge on any atom is 0.410 e. The number of ether oxygens (including phenoxy) is 2. The van der Waals surface area contributed by atoms with E-state index in [1.165, 1.54) is 0 Å². The first-order valence-corrected chi connectivity index (χ1v) is 32.8. The van der Waals surface area contributed by atoms with Crippen molar-refractivity contribution in [1.82, 2.24) is 74.8 Å². The molecule has 25 nitrogen and oxygen atoms in total. The van der Waals surface area contributed by atoms with Crippen molar-refractivity contribution in [3.8, 4) is 0 Å². The van der Waals surface area contributed by atoms with E-state index in [2.05, 4.69) is 113 Å². The van der Waals surface area contributed by atoms with E-state index in [0.29, 0.717) is 59.4 Å². The molecule has 0 radical (unpaired) electrons. The van der Waals surface area contributed by atoms with Gasteiger partial charge in [0.05, 0.1) is 23.8 Å². The molecule has 13 heterocycles. The van der Waals surface area contributed by atoms with Gasteiger partial charge in [-0.25, -0.2) is 29.5 Å². The molecule has 26 heteroatoms. The molecule has 0 spiro atoms. The number of rotatable bonds is 8. The average Bonchev–Trinajstić information content (AvgIpc) is 1.64. The van der Waals surface area contributed by atoms with E-state index >= 15 is 0 Å². The molecular weight excluding hydrogens is 1180 g/mol. The number of fused-ring (bicyclic) bond motifs is 4. The number of amides is 3. The van der Waals surface area contributed by atoms with Crippen LogP contribution in [0.25, 0.3) is 0 Å². The van der Waals surface area contributed by atoms with Crippen molar-refractivity contribution < 1.29 is 23.9 Å². The van der Waals surface area contributed by atoms with Gasteiger partial charge in [0.25, 0.3) is 0 Å². The van der Waals surface area contributed by atoms with Gasteiger partial charge >= 0.3 is 12.2 Å². The van der Waals surface area contributed by atoms with Gasteiger partial charge in [-0.15, -0.1) is 0 Å². The van der Waals surface area contributed by atoms with Gasteiger partial charge < -0.3 is 60.1 Å². The molecule has 5 aromatic rings. The van der Waals surface area contributed by atoms with Gasteiger partial charge in [-0.05, 0) is 98.6 Å².